The van der Waals surface area contributed by atoms with E-state index in [0.29, 0.717) is 26.9 Å². The molecule has 0 aliphatic carbocycles. The highest BCUT2D eigenvalue weighted by molar-refractivity contribution is 6.39. The fraction of sp³-hybridized carbons (Fsp3) is 0.0500. The number of aliphatic hydroxyl groups is 1. The van der Waals surface area contributed by atoms with Gasteiger partial charge in [0.25, 0.3) is 5.91 Å². The highest BCUT2D eigenvalue weighted by Crippen LogP contribution is 2.31. The molecule has 6 heteroatoms. The number of nitrogens with one attached hydrogen (secondary N) is 2. The Balaban J connectivity index is 1.94. The zero-order chi connectivity index (χ0) is 18.6. The fourth-order valence-electron chi connectivity index (χ4n) is 2.61. The molecule has 132 valence electrons. The molecular weight excluding hydrogens is 371 g/mol. The molecule has 0 saturated heterocycles. The number of rotatable bonds is 5. The number of hydrogen-bond acceptors (Lipinski definition) is 3. The van der Waals surface area contributed by atoms with Gasteiger partial charge in [0.15, 0.2) is 5.60 Å². The molecule has 0 aromatic heterocycles. The van der Waals surface area contributed by atoms with Crippen molar-refractivity contribution in [1.29, 1.82) is 0 Å². The van der Waals surface area contributed by atoms with E-state index >= 15 is 0 Å². The van der Waals surface area contributed by atoms with E-state index in [2.05, 4.69) is 10.9 Å². The van der Waals surface area contributed by atoms with Crippen molar-refractivity contribution < 1.29 is 9.90 Å². The van der Waals surface area contributed by atoms with Crippen LogP contribution in [0.4, 0.5) is 5.69 Å². The first kappa shape index (κ1) is 18.3. The van der Waals surface area contributed by atoms with Gasteiger partial charge >= 0.3 is 0 Å². The van der Waals surface area contributed by atoms with E-state index in [0.717, 1.165) is 0 Å². The lowest BCUT2D eigenvalue weighted by Gasteiger charge is -2.28. The molecule has 26 heavy (non-hydrogen) atoms. The predicted octanol–water partition coefficient (Wildman–Crippen LogP) is 4.37. The minimum Gasteiger partial charge on any atom is -0.372 e. The summed E-state index contributed by atoms with van der Waals surface area (Å²) in [6.45, 7) is 0. The second kappa shape index (κ2) is 7.79. The summed E-state index contributed by atoms with van der Waals surface area (Å²) in [6, 6.07) is 22.4. The Labute approximate surface area is 161 Å². The molecule has 0 radical (unpaired) electrons. The van der Waals surface area contributed by atoms with Crippen molar-refractivity contribution in [3.05, 3.63) is 100 Å². The van der Waals surface area contributed by atoms with Crippen molar-refractivity contribution in [3.63, 3.8) is 0 Å². The number of anilines is 1. The van der Waals surface area contributed by atoms with Crippen LogP contribution in [0.15, 0.2) is 78.9 Å². The molecule has 4 nitrogen and oxygen atoms in total. The summed E-state index contributed by atoms with van der Waals surface area (Å²) in [7, 11) is 0. The van der Waals surface area contributed by atoms with E-state index in [1.807, 2.05) is 12.1 Å². The Morgan fingerprint density at radius 2 is 1.23 bits per heavy atom. The van der Waals surface area contributed by atoms with Gasteiger partial charge in [-0.05, 0) is 23.3 Å². The number of hydrazine groups is 1. The normalized spacial score (nSPS) is 11.0. The maximum Gasteiger partial charge on any atom is 0.279 e. The van der Waals surface area contributed by atoms with Gasteiger partial charge in [-0.25, -0.2) is 0 Å². The van der Waals surface area contributed by atoms with E-state index in [1.54, 1.807) is 66.7 Å². The van der Waals surface area contributed by atoms with Crippen LogP contribution >= 0.6 is 23.2 Å². The lowest BCUT2D eigenvalue weighted by Crippen LogP contribution is -2.47. The van der Waals surface area contributed by atoms with Crippen LogP contribution in [-0.4, -0.2) is 11.0 Å². The van der Waals surface area contributed by atoms with Gasteiger partial charge in [-0.2, -0.15) is 0 Å². The Kier molecular flexibility index (Phi) is 5.47. The maximum absolute atomic E-state index is 13.0. The SMILES string of the molecule is O=C(NNc1c(Cl)cccc1Cl)C(O)(c1ccccc1)c1ccccc1. The number of carbonyl (C=O) groups excluding carboxylic acids is 1. The van der Waals surface area contributed by atoms with Gasteiger partial charge in [0.1, 0.15) is 0 Å². The lowest BCUT2D eigenvalue weighted by atomic mass is 9.85. The number of carbonyl (C=O) groups is 1. The number of halogens is 2. The number of para-hydroxylation sites is 1. The fourth-order valence-corrected chi connectivity index (χ4v) is 3.11. The summed E-state index contributed by atoms with van der Waals surface area (Å²) in [6.07, 6.45) is 0. The van der Waals surface area contributed by atoms with Crippen molar-refractivity contribution >= 4 is 34.8 Å². The third-order valence-corrected chi connectivity index (χ3v) is 4.61. The lowest BCUT2D eigenvalue weighted by molar-refractivity contribution is -0.136. The predicted molar refractivity (Wildman–Crippen MR) is 104 cm³/mol. The Bertz CT molecular complexity index is 842. The molecule has 3 aromatic rings. The monoisotopic (exact) mass is 386 g/mol. The molecule has 0 atom stereocenters. The minimum absolute atomic E-state index is 0.348. The molecule has 1 amide bonds. The quantitative estimate of drug-likeness (QED) is 0.570. The second-order valence-electron chi connectivity index (χ2n) is 5.62. The Morgan fingerprint density at radius 1 is 0.769 bits per heavy atom. The van der Waals surface area contributed by atoms with Crippen molar-refractivity contribution in [2.45, 2.75) is 5.60 Å². The molecule has 0 saturated carbocycles. The standard InChI is InChI=1S/C20H16Cl2N2O2/c21-16-12-7-13-17(22)18(16)23-24-19(25)20(26,14-8-3-1-4-9-14)15-10-5-2-6-11-15/h1-13,23,26H,(H,24,25). The van der Waals surface area contributed by atoms with Crippen molar-refractivity contribution in [1.82, 2.24) is 5.43 Å². The number of hydrogen-bond donors (Lipinski definition) is 3. The van der Waals surface area contributed by atoms with Gasteiger partial charge in [-0.1, -0.05) is 89.9 Å². The second-order valence-corrected chi connectivity index (χ2v) is 6.43. The molecule has 3 N–H and O–H groups in total. The van der Waals surface area contributed by atoms with Gasteiger partial charge in [0.2, 0.25) is 0 Å². The van der Waals surface area contributed by atoms with Crippen LogP contribution < -0.4 is 10.9 Å². The highest BCUT2D eigenvalue weighted by atomic mass is 35.5. The van der Waals surface area contributed by atoms with E-state index in [-0.39, 0.29) is 0 Å². The summed E-state index contributed by atoms with van der Waals surface area (Å²) in [5, 5.41) is 12.0. The largest absolute Gasteiger partial charge is 0.372 e. The van der Waals surface area contributed by atoms with Crippen LogP contribution in [0, 0.1) is 0 Å². The number of benzene rings is 3. The van der Waals surface area contributed by atoms with Crippen LogP contribution in [0.5, 0.6) is 0 Å². The van der Waals surface area contributed by atoms with Gasteiger partial charge in [0, 0.05) is 0 Å². The van der Waals surface area contributed by atoms with Crippen LogP contribution in [0.3, 0.4) is 0 Å². The van der Waals surface area contributed by atoms with Crippen molar-refractivity contribution in [2.24, 2.45) is 0 Å². The first-order chi connectivity index (χ1) is 12.5. The van der Waals surface area contributed by atoms with Gasteiger partial charge in [-0.15, -0.1) is 0 Å². The van der Waals surface area contributed by atoms with Crippen molar-refractivity contribution in [3.8, 4) is 0 Å². The molecule has 0 fully saturated rings. The Morgan fingerprint density at radius 3 is 1.69 bits per heavy atom. The van der Waals surface area contributed by atoms with Crippen LogP contribution in [-0.2, 0) is 10.4 Å². The van der Waals surface area contributed by atoms with Crippen LogP contribution in [0.25, 0.3) is 0 Å². The molecule has 0 unspecified atom stereocenters. The van der Waals surface area contributed by atoms with Crippen LogP contribution in [0.1, 0.15) is 11.1 Å². The minimum atomic E-state index is -1.89. The molecule has 0 aliphatic heterocycles. The van der Waals surface area contributed by atoms with Gasteiger partial charge in [-0.3, -0.25) is 15.6 Å². The number of amides is 1. The zero-order valence-electron chi connectivity index (χ0n) is 13.6. The van der Waals surface area contributed by atoms with E-state index < -0.39 is 11.5 Å². The molecular formula is C20H16Cl2N2O2. The first-order valence-corrected chi connectivity index (χ1v) is 8.63. The summed E-state index contributed by atoms with van der Waals surface area (Å²) in [4.78, 5) is 13.0. The third kappa shape index (κ3) is 3.53. The summed E-state index contributed by atoms with van der Waals surface area (Å²) in [5.74, 6) is -0.661. The maximum atomic E-state index is 13.0. The smallest absolute Gasteiger partial charge is 0.279 e. The molecule has 0 aliphatic rings. The average Bonchev–Trinajstić information content (AvgIpc) is 2.68. The van der Waals surface area contributed by atoms with Gasteiger partial charge < -0.3 is 5.11 Å². The molecule has 3 rings (SSSR count). The topological polar surface area (TPSA) is 61.4 Å². The average molecular weight is 387 g/mol. The zero-order valence-corrected chi connectivity index (χ0v) is 15.1. The Hall–Kier alpha value is -2.53. The van der Waals surface area contributed by atoms with Crippen molar-refractivity contribution in [2.75, 3.05) is 5.43 Å². The molecule has 0 heterocycles. The first-order valence-electron chi connectivity index (χ1n) is 7.87. The summed E-state index contributed by atoms with van der Waals surface area (Å²) in [5.41, 5.74) is 4.56. The third-order valence-electron chi connectivity index (χ3n) is 3.98. The summed E-state index contributed by atoms with van der Waals surface area (Å²) < 4.78 is 0. The molecule has 3 aromatic carbocycles. The summed E-state index contributed by atoms with van der Waals surface area (Å²) >= 11 is 12.2. The van der Waals surface area contributed by atoms with Crippen LogP contribution in [0.2, 0.25) is 10.0 Å². The van der Waals surface area contributed by atoms with E-state index in [1.165, 1.54) is 0 Å². The van der Waals surface area contributed by atoms with Gasteiger partial charge in [0.05, 0.1) is 15.7 Å². The van der Waals surface area contributed by atoms with E-state index in [9.17, 15) is 9.90 Å². The highest BCUT2D eigenvalue weighted by Gasteiger charge is 2.40. The molecule has 0 bridgehead atoms. The van der Waals surface area contributed by atoms with E-state index in [4.69, 9.17) is 23.2 Å². The molecule has 0 spiro atoms.